The molecule has 86 valence electrons. The summed E-state index contributed by atoms with van der Waals surface area (Å²) in [4.78, 5) is 14.7. The van der Waals surface area contributed by atoms with E-state index in [2.05, 4.69) is 4.98 Å². The summed E-state index contributed by atoms with van der Waals surface area (Å²) in [7, 11) is 0. The van der Waals surface area contributed by atoms with E-state index in [9.17, 15) is 10.1 Å². The number of hydrogen-bond acceptors (Lipinski definition) is 3. The smallest absolute Gasteiger partial charge is 0.258 e. The third-order valence-corrected chi connectivity index (χ3v) is 2.59. The van der Waals surface area contributed by atoms with Crippen LogP contribution >= 0.6 is 0 Å². The van der Waals surface area contributed by atoms with Gasteiger partial charge in [0.15, 0.2) is 0 Å². The van der Waals surface area contributed by atoms with Crippen molar-refractivity contribution < 1.29 is 4.92 Å². The van der Waals surface area contributed by atoms with Crippen molar-refractivity contribution in [2.24, 2.45) is 0 Å². The van der Waals surface area contributed by atoms with Crippen LogP contribution in [0.3, 0.4) is 0 Å². The number of nitrogens with zero attached hydrogens (tertiary/aromatic N) is 2. The maximum Gasteiger partial charge on any atom is 0.270 e. The molecule has 4 nitrogen and oxygen atoms in total. The summed E-state index contributed by atoms with van der Waals surface area (Å²) in [5.74, 6) is 0. The lowest BCUT2D eigenvalue weighted by Gasteiger charge is -2.05. The number of benzene rings is 1. The van der Waals surface area contributed by atoms with Crippen molar-refractivity contribution in [3.8, 4) is 11.1 Å². The van der Waals surface area contributed by atoms with E-state index in [0.717, 1.165) is 22.5 Å². The number of pyridine rings is 1. The van der Waals surface area contributed by atoms with Gasteiger partial charge in [-0.2, -0.15) is 0 Å². The first-order chi connectivity index (χ1) is 8.08. The molecular formula is C13H12N2O2. The molecule has 0 fully saturated rings. The molecule has 0 aliphatic rings. The second-order valence-corrected chi connectivity index (χ2v) is 3.89. The molecule has 0 N–H and O–H groups in total. The fraction of sp³-hybridized carbons (Fsp3) is 0.154. The topological polar surface area (TPSA) is 56.0 Å². The lowest BCUT2D eigenvalue weighted by Crippen LogP contribution is -1.92. The molecule has 2 aromatic rings. The van der Waals surface area contributed by atoms with Crippen molar-refractivity contribution in [3.63, 3.8) is 0 Å². The maximum absolute atomic E-state index is 10.7. The summed E-state index contributed by atoms with van der Waals surface area (Å²) in [6, 6.07) is 10.4. The Morgan fingerprint density at radius 2 is 1.94 bits per heavy atom. The van der Waals surface area contributed by atoms with Crippen molar-refractivity contribution in [1.82, 2.24) is 4.98 Å². The summed E-state index contributed by atoms with van der Waals surface area (Å²) in [5, 5.41) is 10.7. The molecule has 17 heavy (non-hydrogen) atoms. The number of non-ortho nitro benzene ring substituents is 1. The van der Waals surface area contributed by atoms with Crippen molar-refractivity contribution >= 4 is 5.69 Å². The predicted molar refractivity (Wildman–Crippen MR) is 65.8 cm³/mol. The Morgan fingerprint density at radius 3 is 2.59 bits per heavy atom. The van der Waals surface area contributed by atoms with Crippen LogP contribution in [0.15, 0.2) is 36.4 Å². The highest BCUT2D eigenvalue weighted by atomic mass is 16.6. The van der Waals surface area contributed by atoms with Crippen LogP contribution in [-0.2, 0) is 0 Å². The van der Waals surface area contributed by atoms with Gasteiger partial charge in [-0.15, -0.1) is 0 Å². The largest absolute Gasteiger partial charge is 0.270 e. The first-order valence-corrected chi connectivity index (χ1v) is 5.27. The molecule has 0 saturated carbocycles. The Bertz CT molecular complexity index is 579. The molecule has 0 saturated heterocycles. The monoisotopic (exact) mass is 228 g/mol. The molecule has 0 atom stereocenters. The van der Waals surface area contributed by atoms with Crippen LogP contribution in [-0.4, -0.2) is 9.91 Å². The van der Waals surface area contributed by atoms with Gasteiger partial charge < -0.3 is 0 Å². The number of nitro groups is 1. The molecule has 0 amide bonds. The average Bonchev–Trinajstić information content (AvgIpc) is 2.29. The first-order valence-electron chi connectivity index (χ1n) is 5.27. The fourth-order valence-electron chi connectivity index (χ4n) is 1.78. The quantitative estimate of drug-likeness (QED) is 0.585. The first kappa shape index (κ1) is 11.3. The van der Waals surface area contributed by atoms with Crippen LogP contribution in [0.25, 0.3) is 11.1 Å². The molecule has 0 aliphatic carbocycles. The number of nitro benzene ring substituents is 1. The maximum atomic E-state index is 10.7. The molecule has 1 aromatic heterocycles. The van der Waals surface area contributed by atoms with E-state index in [1.165, 1.54) is 6.07 Å². The standard InChI is InChI=1S/C13H12N2O2/c1-9-6-7-13(10(2)14-9)11-4-3-5-12(8-11)15(16)17/h3-8H,1-2H3. The highest BCUT2D eigenvalue weighted by Gasteiger charge is 2.09. The van der Waals surface area contributed by atoms with Gasteiger partial charge >= 0.3 is 0 Å². The van der Waals surface area contributed by atoms with Gasteiger partial charge in [0.1, 0.15) is 0 Å². The van der Waals surface area contributed by atoms with Crippen LogP contribution in [0.5, 0.6) is 0 Å². The predicted octanol–water partition coefficient (Wildman–Crippen LogP) is 3.27. The van der Waals surface area contributed by atoms with Crippen molar-refractivity contribution in [2.45, 2.75) is 13.8 Å². The minimum atomic E-state index is -0.388. The van der Waals surface area contributed by atoms with E-state index in [1.807, 2.05) is 32.0 Å². The Morgan fingerprint density at radius 1 is 1.18 bits per heavy atom. The Labute approximate surface area is 99.1 Å². The van der Waals surface area contributed by atoms with Crippen molar-refractivity contribution in [2.75, 3.05) is 0 Å². The van der Waals surface area contributed by atoms with E-state index in [4.69, 9.17) is 0 Å². The third kappa shape index (κ3) is 2.30. The van der Waals surface area contributed by atoms with Gasteiger partial charge in [0.2, 0.25) is 0 Å². The molecular weight excluding hydrogens is 216 g/mol. The van der Waals surface area contributed by atoms with Crippen LogP contribution in [0.4, 0.5) is 5.69 Å². The van der Waals surface area contributed by atoms with Gasteiger partial charge in [-0.05, 0) is 25.5 Å². The number of rotatable bonds is 2. The lowest BCUT2D eigenvalue weighted by molar-refractivity contribution is -0.384. The molecule has 4 heteroatoms. The van der Waals surface area contributed by atoms with E-state index in [-0.39, 0.29) is 10.6 Å². The van der Waals surface area contributed by atoms with E-state index in [1.54, 1.807) is 12.1 Å². The van der Waals surface area contributed by atoms with Crippen LogP contribution in [0.1, 0.15) is 11.4 Å². The summed E-state index contributed by atoms with van der Waals surface area (Å²) in [5.41, 5.74) is 3.67. The average molecular weight is 228 g/mol. The summed E-state index contributed by atoms with van der Waals surface area (Å²) >= 11 is 0. The second-order valence-electron chi connectivity index (χ2n) is 3.89. The minimum Gasteiger partial charge on any atom is -0.258 e. The fourth-order valence-corrected chi connectivity index (χ4v) is 1.78. The van der Waals surface area contributed by atoms with Gasteiger partial charge in [0.25, 0.3) is 5.69 Å². The van der Waals surface area contributed by atoms with Crippen molar-refractivity contribution in [3.05, 3.63) is 57.9 Å². The highest BCUT2D eigenvalue weighted by molar-refractivity contribution is 5.68. The molecule has 0 radical (unpaired) electrons. The molecule has 0 unspecified atom stereocenters. The zero-order valence-electron chi connectivity index (χ0n) is 9.68. The third-order valence-electron chi connectivity index (χ3n) is 2.59. The number of aryl methyl sites for hydroxylation is 2. The summed E-state index contributed by atoms with van der Waals surface area (Å²) in [6.07, 6.45) is 0. The molecule has 2 rings (SSSR count). The zero-order chi connectivity index (χ0) is 12.4. The Hall–Kier alpha value is -2.23. The second kappa shape index (κ2) is 4.33. The number of hydrogen-bond donors (Lipinski definition) is 0. The van der Waals surface area contributed by atoms with Gasteiger partial charge in [-0.1, -0.05) is 18.2 Å². The van der Waals surface area contributed by atoms with Gasteiger partial charge in [0, 0.05) is 29.1 Å². The minimum absolute atomic E-state index is 0.0995. The molecule has 1 aromatic carbocycles. The van der Waals surface area contributed by atoms with Crippen LogP contribution in [0.2, 0.25) is 0 Å². The molecule has 0 spiro atoms. The lowest BCUT2D eigenvalue weighted by atomic mass is 10.0. The van der Waals surface area contributed by atoms with E-state index in [0.29, 0.717) is 0 Å². The van der Waals surface area contributed by atoms with E-state index < -0.39 is 0 Å². The zero-order valence-corrected chi connectivity index (χ0v) is 9.68. The summed E-state index contributed by atoms with van der Waals surface area (Å²) < 4.78 is 0. The number of aromatic nitrogens is 1. The molecule has 0 aliphatic heterocycles. The van der Waals surface area contributed by atoms with E-state index >= 15 is 0 Å². The summed E-state index contributed by atoms with van der Waals surface area (Å²) in [6.45, 7) is 3.82. The molecule has 0 bridgehead atoms. The highest BCUT2D eigenvalue weighted by Crippen LogP contribution is 2.25. The van der Waals surface area contributed by atoms with Crippen molar-refractivity contribution in [1.29, 1.82) is 0 Å². The SMILES string of the molecule is Cc1ccc(-c2cccc([N+](=O)[O-])c2)c(C)n1. The Kier molecular flexibility index (Phi) is 2.87. The van der Waals surface area contributed by atoms with Gasteiger partial charge in [0.05, 0.1) is 4.92 Å². The molecule has 1 heterocycles. The Balaban J connectivity index is 2.53. The normalized spacial score (nSPS) is 10.2. The van der Waals surface area contributed by atoms with Crippen LogP contribution in [0, 0.1) is 24.0 Å². The van der Waals surface area contributed by atoms with Crippen LogP contribution < -0.4 is 0 Å². The van der Waals surface area contributed by atoms with Gasteiger partial charge in [-0.3, -0.25) is 15.1 Å². The van der Waals surface area contributed by atoms with Gasteiger partial charge in [-0.25, -0.2) is 0 Å².